The fourth-order valence-electron chi connectivity index (χ4n) is 5.60. The van der Waals surface area contributed by atoms with E-state index in [4.69, 9.17) is 4.43 Å². The van der Waals surface area contributed by atoms with Gasteiger partial charge in [-0.1, -0.05) is 53.7 Å². The van der Waals surface area contributed by atoms with E-state index in [9.17, 15) is 4.79 Å². The Hall–Kier alpha value is -2.07. The standard InChI is InChI=1S/C27H39NO2Si/c1-17(2)31(18(3)4,19(5)6)30-24-13-20(7)25(21(8)14-24)16-22-9-11-26-23(15-22)10-12-27(29)28-26/h9,11,13-15,17-19H,10,12,16H2,1-8H3,(H,28,29). The lowest BCUT2D eigenvalue weighted by Gasteiger charge is -2.42. The van der Waals surface area contributed by atoms with Crippen LogP contribution >= 0.6 is 0 Å². The Bertz CT molecular complexity index is 917. The summed E-state index contributed by atoms with van der Waals surface area (Å²) in [6, 6.07) is 10.9. The molecule has 1 amide bonds. The number of aryl methyl sites for hydroxylation is 3. The summed E-state index contributed by atoms with van der Waals surface area (Å²) < 4.78 is 6.94. The van der Waals surface area contributed by atoms with Crippen molar-refractivity contribution >= 4 is 19.9 Å². The molecule has 0 saturated carbocycles. The van der Waals surface area contributed by atoms with Gasteiger partial charge in [-0.05, 0) is 89.3 Å². The van der Waals surface area contributed by atoms with Crippen molar-refractivity contribution < 1.29 is 9.22 Å². The van der Waals surface area contributed by atoms with Crippen molar-refractivity contribution in [3.8, 4) is 5.75 Å². The van der Waals surface area contributed by atoms with Gasteiger partial charge in [-0.25, -0.2) is 0 Å². The van der Waals surface area contributed by atoms with Crippen molar-refractivity contribution in [3.63, 3.8) is 0 Å². The predicted molar refractivity (Wildman–Crippen MR) is 134 cm³/mol. The minimum absolute atomic E-state index is 0.117. The molecule has 31 heavy (non-hydrogen) atoms. The third kappa shape index (κ3) is 4.74. The number of carbonyl (C=O) groups excluding carboxylic acids is 1. The molecule has 0 aliphatic carbocycles. The highest BCUT2D eigenvalue weighted by Crippen LogP contribution is 2.43. The van der Waals surface area contributed by atoms with Crippen molar-refractivity contribution in [2.24, 2.45) is 0 Å². The highest BCUT2D eigenvalue weighted by Gasteiger charge is 2.47. The first-order chi connectivity index (χ1) is 14.5. The van der Waals surface area contributed by atoms with E-state index >= 15 is 0 Å². The van der Waals surface area contributed by atoms with Crippen LogP contribution in [-0.4, -0.2) is 14.2 Å². The number of anilines is 1. The normalized spacial score (nSPS) is 14.2. The average Bonchev–Trinajstić information content (AvgIpc) is 2.68. The predicted octanol–water partition coefficient (Wildman–Crippen LogP) is 7.33. The summed E-state index contributed by atoms with van der Waals surface area (Å²) in [6.45, 7) is 18.4. The summed E-state index contributed by atoms with van der Waals surface area (Å²) in [7, 11) is -1.96. The van der Waals surface area contributed by atoms with Crippen LogP contribution in [0.1, 0.15) is 75.8 Å². The molecule has 4 heteroatoms. The molecule has 168 valence electrons. The van der Waals surface area contributed by atoms with Gasteiger partial charge >= 0.3 is 0 Å². The van der Waals surface area contributed by atoms with E-state index in [0.717, 1.165) is 24.3 Å². The van der Waals surface area contributed by atoms with Gasteiger partial charge in [0.05, 0.1) is 0 Å². The summed E-state index contributed by atoms with van der Waals surface area (Å²) in [5, 5.41) is 2.98. The summed E-state index contributed by atoms with van der Waals surface area (Å²) in [4.78, 5) is 11.6. The molecule has 3 nitrogen and oxygen atoms in total. The van der Waals surface area contributed by atoms with Gasteiger partial charge in [-0.15, -0.1) is 0 Å². The van der Waals surface area contributed by atoms with Crippen molar-refractivity contribution in [2.45, 2.75) is 91.3 Å². The molecule has 0 spiro atoms. The van der Waals surface area contributed by atoms with Gasteiger partial charge in [-0.2, -0.15) is 0 Å². The van der Waals surface area contributed by atoms with Crippen molar-refractivity contribution in [2.75, 3.05) is 5.32 Å². The lowest BCUT2D eigenvalue weighted by atomic mass is 9.93. The zero-order valence-corrected chi connectivity index (χ0v) is 21.6. The van der Waals surface area contributed by atoms with Gasteiger partial charge in [0.1, 0.15) is 5.75 Å². The molecule has 0 radical (unpaired) electrons. The number of nitrogens with one attached hydrogen (secondary N) is 1. The lowest BCUT2D eigenvalue weighted by Crippen LogP contribution is -2.50. The molecule has 2 aromatic carbocycles. The number of benzene rings is 2. The quantitative estimate of drug-likeness (QED) is 0.460. The topological polar surface area (TPSA) is 38.3 Å². The zero-order chi connectivity index (χ0) is 22.9. The number of hydrogen-bond donors (Lipinski definition) is 1. The molecule has 1 heterocycles. The molecule has 1 aliphatic heterocycles. The Labute approximate surface area is 189 Å². The summed E-state index contributed by atoms with van der Waals surface area (Å²) in [6.07, 6.45) is 2.31. The van der Waals surface area contributed by atoms with Gasteiger partial charge in [0.25, 0.3) is 8.32 Å². The Balaban J connectivity index is 1.88. The Kier molecular flexibility index (Phi) is 7.00. The molecule has 0 atom stereocenters. The van der Waals surface area contributed by atoms with E-state index in [-0.39, 0.29) is 5.91 Å². The molecule has 0 aromatic heterocycles. The Morgan fingerprint density at radius 3 is 2.03 bits per heavy atom. The molecule has 0 saturated heterocycles. The third-order valence-corrected chi connectivity index (χ3v) is 13.1. The monoisotopic (exact) mass is 437 g/mol. The van der Waals surface area contributed by atoms with Gasteiger partial charge in [0.15, 0.2) is 0 Å². The molecule has 0 unspecified atom stereocenters. The number of carbonyl (C=O) groups is 1. The van der Waals surface area contributed by atoms with Crippen LogP contribution in [0.3, 0.4) is 0 Å². The summed E-state index contributed by atoms with van der Waals surface area (Å²) >= 11 is 0. The third-order valence-electron chi connectivity index (χ3n) is 7.12. The lowest BCUT2D eigenvalue weighted by molar-refractivity contribution is -0.116. The van der Waals surface area contributed by atoms with Crippen molar-refractivity contribution in [3.05, 3.63) is 58.1 Å². The van der Waals surface area contributed by atoms with Crippen molar-refractivity contribution in [1.29, 1.82) is 0 Å². The van der Waals surface area contributed by atoms with Crippen molar-refractivity contribution in [1.82, 2.24) is 0 Å². The van der Waals surface area contributed by atoms with Crippen LogP contribution < -0.4 is 9.74 Å². The van der Waals surface area contributed by atoms with Crippen LogP contribution in [-0.2, 0) is 17.6 Å². The van der Waals surface area contributed by atoms with Crippen LogP contribution in [0.2, 0.25) is 16.6 Å². The van der Waals surface area contributed by atoms with E-state index in [1.165, 1.54) is 27.8 Å². The molecule has 1 N–H and O–H groups in total. The molecular formula is C27H39NO2Si. The van der Waals surface area contributed by atoms with Crippen LogP contribution in [0.4, 0.5) is 5.69 Å². The largest absolute Gasteiger partial charge is 0.543 e. The van der Waals surface area contributed by atoms with Crippen LogP contribution in [0.25, 0.3) is 0 Å². The van der Waals surface area contributed by atoms with Crippen LogP contribution in [0.5, 0.6) is 5.75 Å². The molecule has 0 bridgehead atoms. The second-order valence-corrected chi connectivity index (χ2v) is 15.5. The molecule has 1 aliphatic rings. The van der Waals surface area contributed by atoms with E-state index in [1.54, 1.807) is 0 Å². The second-order valence-electron chi connectivity index (χ2n) is 10.2. The van der Waals surface area contributed by atoms with E-state index in [2.05, 4.69) is 91.0 Å². The summed E-state index contributed by atoms with van der Waals surface area (Å²) in [5.74, 6) is 1.15. The maximum absolute atomic E-state index is 11.6. The molecular weight excluding hydrogens is 398 g/mol. The maximum Gasteiger partial charge on any atom is 0.258 e. The molecule has 2 aromatic rings. The van der Waals surface area contributed by atoms with Gasteiger partial charge < -0.3 is 9.74 Å². The second kappa shape index (κ2) is 9.19. The molecule has 3 rings (SSSR count). The molecule has 0 fully saturated rings. The van der Waals surface area contributed by atoms with Gasteiger partial charge in [-0.3, -0.25) is 4.79 Å². The van der Waals surface area contributed by atoms with Gasteiger partial charge in [0, 0.05) is 12.1 Å². The average molecular weight is 438 g/mol. The minimum Gasteiger partial charge on any atom is -0.543 e. The number of amides is 1. The van der Waals surface area contributed by atoms with Crippen LogP contribution in [0, 0.1) is 13.8 Å². The highest BCUT2D eigenvalue weighted by molar-refractivity contribution is 6.78. The van der Waals surface area contributed by atoms with Gasteiger partial charge in [0.2, 0.25) is 5.91 Å². The summed E-state index contributed by atoms with van der Waals surface area (Å²) in [5.41, 5.74) is 9.14. The fraction of sp³-hybridized carbons (Fsp3) is 0.519. The fourth-order valence-corrected chi connectivity index (χ4v) is 10.8. The zero-order valence-electron chi connectivity index (χ0n) is 20.6. The Morgan fingerprint density at radius 1 is 0.903 bits per heavy atom. The van der Waals surface area contributed by atoms with E-state index < -0.39 is 8.32 Å². The first-order valence-electron chi connectivity index (χ1n) is 11.7. The first kappa shape index (κ1) is 23.6. The first-order valence-corrected chi connectivity index (χ1v) is 13.9. The number of fused-ring (bicyclic) bond motifs is 1. The maximum atomic E-state index is 11.6. The highest BCUT2D eigenvalue weighted by atomic mass is 28.4. The Morgan fingerprint density at radius 2 is 1.48 bits per heavy atom. The number of rotatable bonds is 7. The minimum atomic E-state index is -1.96. The van der Waals surface area contributed by atoms with E-state index in [1.807, 2.05) is 0 Å². The number of hydrogen-bond acceptors (Lipinski definition) is 2. The van der Waals surface area contributed by atoms with E-state index in [0.29, 0.717) is 23.0 Å². The smallest absolute Gasteiger partial charge is 0.258 e. The SMILES string of the molecule is Cc1cc(O[Si](C(C)C)(C(C)C)C(C)C)cc(C)c1Cc1ccc2c(c1)CCC(=O)N2. The van der Waals surface area contributed by atoms with Crippen LogP contribution in [0.15, 0.2) is 30.3 Å².